The largest absolute Gasteiger partial charge is 0.478 e. The fraction of sp³-hybridized carbons (Fsp3) is 0.231. The molecule has 2 aromatic carbocycles. The van der Waals surface area contributed by atoms with Crippen LogP contribution in [-0.2, 0) is 0 Å². The second-order valence-corrected chi connectivity index (χ2v) is 8.30. The van der Waals surface area contributed by atoms with Gasteiger partial charge in [-0.3, -0.25) is 9.59 Å². The first-order valence-corrected chi connectivity index (χ1v) is 11.0. The van der Waals surface area contributed by atoms with Crippen LogP contribution in [0.5, 0.6) is 0 Å². The number of pyridine rings is 1. The predicted octanol–water partition coefficient (Wildman–Crippen LogP) is 3.87. The first kappa shape index (κ1) is 23.0. The molecule has 0 spiro atoms. The number of carbonyl (C=O) groups excluding carboxylic acids is 2. The van der Waals surface area contributed by atoms with Gasteiger partial charge in [-0.1, -0.05) is 17.7 Å². The van der Waals surface area contributed by atoms with Crippen molar-refractivity contribution in [2.45, 2.75) is 13.8 Å². The summed E-state index contributed by atoms with van der Waals surface area (Å²) in [6, 6.07) is 16.1. The highest BCUT2D eigenvalue weighted by atomic mass is 16.4. The molecular weight excluding hydrogens is 432 g/mol. The van der Waals surface area contributed by atoms with E-state index in [1.54, 1.807) is 25.1 Å². The van der Waals surface area contributed by atoms with Gasteiger partial charge in [0.05, 0.1) is 11.9 Å². The van der Waals surface area contributed by atoms with E-state index in [1.165, 1.54) is 12.3 Å². The fourth-order valence-electron chi connectivity index (χ4n) is 4.01. The number of hydrogen-bond acceptors (Lipinski definition) is 6. The molecule has 0 saturated carbocycles. The minimum atomic E-state index is -1.10. The van der Waals surface area contributed by atoms with Crippen molar-refractivity contribution in [3.8, 4) is 0 Å². The Morgan fingerprint density at radius 1 is 0.912 bits per heavy atom. The molecule has 4 rings (SSSR count). The zero-order valence-corrected chi connectivity index (χ0v) is 19.1. The number of carboxylic acid groups (broad SMARTS) is 1. The van der Waals surface area contributed by atoms with Gasteiger partial charge in [-0.05, 0) is 56.3 Å². The van der Waals surface area contributed by atoms with Crippen LogP contribution in [0.25, 0.3) is 0 Å². The Balaban J connectivity index is 1.46. The van der Waals surface area contributed by atoms with Gasteiger partial charge in [-0.15, -0.1) is 0 Å². The third kappa shape index (κ3) is 5.06. The van der Waals surface area contributed by atoms with Gasteiger partial charge in [0.15, 0.2) is 5.78 Å². The van der Waals surface area contributed by atoms with Crippen molar-refractivity contribution in [2.75, 3.05) is 41.3 Å². The molecule has 34 heavy (non-hydrogen) atoms. The molecule has 174 valence electrons. The number of rotatable bonds is 6. The maximum absolute atomic E-state index is 12.5. The molecule has 1 amide bonds. The quantitative estimate of drug-likeness (QED) is 0.541. The summed E-state index contributed by atoms with van der Waals surface area (Å²) in [5.74, 6) is -1.01. The summed E-state index contributed by atoms with van der Waals surface area (Å²) < 4.78 is 0. The first-order valence-electron chi connectivity index (χ1n) is 11.0. The lowest BCUT2D eigenvalue weighted by atomic mass is 10.1. The highest BCUT2D eigenvalue weighted by Gasteiger charge is 2.24. The van der Waals surface area contributed by atoms with Crippen LogP contribution in [0.3, 0.4) is 0 Å². The summed E-state index contributed by atoms with van der Waals surface area (Å²) in [7, 11) is 0. The average molecular weight is 459 g/mol. The van der Waals surface area contributed by atoms with E-state index in [0.29, 0.717) is 48.8 Å². The van der Waals surface area contributed by atoms with Crippen molar-refractivity contribution >= 4 is 34.9 Å². The molecule has 0 unspecified atom stereocenters. The first-order chi connectivity index (χ1) is 16.3. The standard InChI is InChI=1S/C26H26N4O4/c1-17-4-3-5-20(14-17)25(32)28-21-15-23(26(33)34)24(27-16-21)30-12-10-29(11-13-30)22-8-6-19(7-9-22)18(2)31/h3-9,14-16H,10-13H2,1-2H3,(H,28,32)(H,33,34). The van der Waals surface area contributed by atoms with Gasteiger partial charge < -0.3 is 20.2 Å². The van der Waals surface area contributed by atoms with Crippen LogP contribution in [0, 0.1) is 6.92 Å². The van der Waals surface area contributed by atoms with Crippen molar-refractivity contribution < 1.29 is 19.5 Å². The summed E-state index contributed by atoms with van der Waals surface area (Å²) in [5.41, 5.74) is 3.52. The summed E-state index contributed by atoms with van der Waals surface area (Å²) >= 11 is 0. The van der Waals surface area contributed by atoms with Crippen LogP contribution >= 0.6 is 0 Å². The Kier molecular flexibility index (Phi) is 6.58. The number of amides is 1. The number of piperazine rings is 1. The van der Waals surface area contributed by atoms with Gasteiger partial charge in [0.2, 0.25) is 0 Å². The molecule has 8 nitrogen and oxygen atoms in total. The van der Waals surface area contributed by atoms with E-state index < -0.39 is 5.97 Å². The van der Waals surface area contributed by atoms with E-state index in [1.807, 2.05) is 42.2 Å². The van der Waals surface area contributed by atoms with Crippen molar-refractivity contribution in [3.05, 3.63) is 83.0 Å². The molecule has 0 bridgehead atoms. The van der Waals surface area contributed by atoms with Crippen molar-refractivity contribution in [1.29, 1.82) is 0 Å². The van der Waals surface area contributed by atoms with Crippen LogP contribution in [0.15, 0.2) is 60.8 Å². The lowest BCUT2D eigenvalue weighted by molar-refractivity contribution is 0.0696. The van der Waals surface area contributed by atoms with Crippen molar-refractivity contribution in [3.63, 3.8) is 0 Å². The lowest BCUT2D eigenvalue weighted by Crippen LogP contribution is -2.47. The predicted molar refractivity (Wildman–Crippen MR) is 131 cm³/mol. The number of aryl methyl sites for hydroxylation is 1. The molecule has 1 aliphatic rings. The van der Waals surface area contributed by atoms with Crippen LogP contribution in [0.4, 0.5) is 17.2 Å². The van der Waals surface area contributed by atoms with Crippen molar-refractivity contribution in [2.24, 2.45) is 0 Å². The molecule has 1 fully saturated rings. The zero-order valence-electron chi connectivity index (χ0n) is 19.1. The van der Waals surface area contributed by atoms with E-state index in [4.69, 9.17) is 0 Å². The summed E-state index contributed by atoms with van der Waals surface area (Å²) in [4.78, 5) is 44.5. The van der Waals surface area contributed by atoms with E-state index in [9.17, 15) is 19.5 Å². The number of carbonyl (C=O) groups is 3. The topological polar surface area (TPSA) is 103 Å². The molecule has 8 heteroatoms. The Morgan fingerprint density at radius 3 is 2.21 bits per heavy atom. The number of anilines is 3. The smallest absolute Gasteiger partial charge is 0.339 e. The summed E-state index contributed by atoms with van der Waals surface area (Å²) in [6.45, 7) is 6.00. The normalized spacial score (nSPS) is 13.5. The second-order valence-electron chi connectivity index (χ2n) is 8.30. The number of aromatic carboxylic acids is 1. The number of hydrogen-bond donors (Lipinski definition) is 2. The van der Waals surface area contributed by atoms with Crippen LogP contribution in [-0.4, -0.2) is 53.9 Å². The minimum Gasteiger partial charge on any atom is -0.478 e. The highest BCUT2D eigenvalue weighted by Crippen LogP contribution is 2.25. The molecule has 0 aliphatic carbocycles. The number of carboxylic acids is 1. The molecule has 0 radical (unpaired) electrons. The van der Waals surface area contributed by atoms with Gasteiger partial charge in [0, 0.05) is 43.0 Å². The van der Waals surface area contributed by atoms with E-state index >= 15 is 0 Å². The van der Waals surface area contributed by atoms with E-state index in [0.717, 1.165) is 11.3 Å². The van der Waals surface area contributed by atoms with Gasteiger partial charge in [-0.25, -0.2) is 9.78 Å². The molecule has 0 atom stereocenters. The summed E-state index contributed by atoms with van der Waals surface area (Å²) in [5, 5.41) is 12.5. The number of aromatic nitrogens is 1. The molecule has 2 N–H and O–H groups in total. The average Bonchev–Trinajstić information content (AvgIpc) is 2.84. The lowest BCUT2D eigenvalue weighted by Gasteiger charge is -2.37. The van der Waals surface area contributed by atoms with E-state index in [2.05, 4.69) is 15.2 Å². The van der Waals surface area contributed by atoms with Gasteiger partial charge in [-0.2, -0.15) is 0 Å². The SMILES string of the molecule is CC(=O)c1ccc(N2CCN(c3ncc(NC(=O)c4cccc(C)c4)cc3C(=O)O)CC2)cc1. The maximum Gasteiger partial charge on any atom is 0.339 e. The fourth-order valence-corrected chi connectivity index (χ4v) is 4.01. The molecule has 2 heterocycles. The van der Waals surface area contributed by atoms with Crippen molar-refractivity contribution in [1.82, 2.24) is 4.98 Å². The second kappa shape index (κ2) is 9.74. The van der Waals surface area contributed by atoms with Crippen LogP contribution < -0.4 is 15.1 Å². The summed E-state index contributed by atoms with van der Waals surface area (Å²) in [6.07, 6.45) is 1.49. The number of Topliss-reactive ketones (excluding diaryl/α,β-unsaturated/α-hetero) is 1. The van der Waals surface area contributed by atoms with Gasteiger partial charge >= 0.3 is 5.97 Å². The maximum atomic E-state index is 12.5. The number of nitrogens with one attached hydrogen (secondary N) is 1. The Labute approximate surface area is 197 Å². The van der Waals surface area contributed by atoms with Crippen LogP contribution in [0.2, 0.25) is 0 Å². The van der Waals surface area contributed by atoms with Gasteiger partial charge in [0.1, 0.15) is 11.4 Å². The molecular formula is C26H26N4O4. The minimum absolute atomic E-state index is 0.0298. The van der Waals surface area contributed by atoms with Gasteiger partial charge in [0.25, 0.3) is 5.91 Å². The number of benzene rings is 2. The number of ketones is 1. The van der Waals surface area contributed by atoms with E-state index in [-0.39, 0.29) is 17.3 Å². The third-order valence-electron chi connectivity index (χ3n) is 5.85. The molecule has 1 aliphatic heterocycles. The molecule has 1 saturated heterocycles. The Morgan fingerprint density at radius 2 is 1.59 bits per heavy atom. The third-order valence-corrected chi connectivity index (χ3v) is 5.85. The Hall–Kier alpha value is -4.20. The zero-order chi connectivity index (χ0) is 24.2. The Bertz CT molecular complexity index is 1230. The number of nitrogens with zero attached hydrogens (tertiary/aromatic N) is 3. The molecule has 3 aromatic rings. The van der Waals surface area contributed by atoms with Crippen LogP contribution in [0.1, 0.15) is 43.6 Å². The monoisotopic (exact) mass is 458 g/mol. The highest BCUT2D eigenvalue weighted by molar-refractivity contribution is 6.05. The molecule has 1 aromatic heterocycles.